The first kappa shape index (κ1) is 15.5. The van der Waals surface area contributed by atoms with Gasteiger partial charge in [0.15, 0.2) is 0 Å². The zero-order chi connectivity index (χ0) is 12.6. The van der Waals surface area contributed by atoms with Crippen molar-refractivity contribution in [3.8, 4) is 0 Å². The highest BCUT2D eigenvalue weighted by molar-refractivity contribution is 4.97. The van der Waals surface area contributed by atoms with Crippen LogP contribution in [0.2, 0.25) is 0 Å². The summed E-state index contributed by atoms with van der Waals surface area (Å²) in [5, 5.41) is 0. The van der Waals surface area contributed by atoms with Crippen molar-refractivity contribution in [2.45, 2.75) is 60.3 Å². The van der Waals surface area contributed by atoms with E-state index in [9.17, 15) is 0 Å². The quantitative estimate of drug-likeness (QED) is 0.468. The van der Waals surface area contributed by atoms with E-state index in [1.165, 1.54) is 31.3 Å². The smallest absolute Gasteiger partial charge is 0.0259 e. The van der Waals surface area contributed by atoms with Crippen LogP contribution in [0.3, 0.4) is 0 Å². The molecule has 0 spiro atoms. The van der Waals surface area contributed by atoms with E-state index in [1.54, 1.807) is 0 Å². The predicted molar refractivity (Wildman–Crippen MR) is 75.6 cm³/mol. The summed E-state index contributed by atoms with van der Waals surface area (Å²) in [5.74, 6) is 2.16. The van der Waals surface area contributed by atoms with Gasteiger partial charge in [-0.05, 0) is 37.0 Å². The molecule has 0 radical (unpaired) electrons. The Kier molecular flexibility index (Phi) is 8.33. The van der Waals surface area contributed by atoms with Gasteiger partial charge in [0, 0.05) is 0 Å². The molecule has 0 aromatic carbocycles. The Morgan fingerprint density at radius 3 is 2.12 bits per heavy atom. The maximum atomic E-state index is 4.15. The van der Waals surface area contributed by atoms with E-state index in [4.69, 9.17) is 0 Å². The summed E-state index contributed by atoms with van der Waals surface area (Å²) in [5.41, 5.74) is 1.42. The van der Waals surface area contributed by atoms with Gasteiger partial charge in [0.2, 0.25) is 0 Å². The minimum absolute atomic E-state index is 0.693. The Morgan fingerprint density at radius 2 is 1.62 bits per heavy atom. The van der Waals surface area contributed by atoms with Crippen molar-refractivity contribution >= 4 is 0 Å². The number of hydrogen-bond donors (Lipinski definition) is 0. The molecule has 0 saturated heterocycles. The third-order valence-corrected chi connectivity index (χ3v) is 3.06. The molecule has 0 aromatic rings. The SMILES string of the molecule is C=C(CCC(C)C=CC(C)CC)CC(C)C. The molecule has 0 aromatic heterocycles. The van der Waals surface area contributed by atoms with Gasteiger partial charge in [-0.3, -0.25) is 0 Å². The second kappa shape index (κ2) is 8.61. The average Bonchev–Trinajstić information content (AvgIpc) is 2.22. The highest BCUT2D eigenvalue weighted by Crippen LogP contribution is 2.18. The van der Waals surface area contributed by atoms with E-state index >= 15 is 0 Å². The first-order valence-corrected chi connectivity index (χ1v) is 6.80. The van der Waals surface area contributed by atoms with Crippen LogP contribution in [0.15, 0.2) is 24.3 Å². The summed E-state index contributed by atoms with van der Waals surface area (Å²) in [4.78, 5) is 0. The van der Waals surface area contributed by atoms with Crippen molar-refractivity contribution in [3.63, 3.8) is 0 Å². The molecule has 0 aliphatic heterocycles. The van der Waals surface area contributed by atoms with Crippen molar-refractivity contribution in [1.82, 2.24) is 0 Å². The molecule has 0 aliphatic rings. The van der Waals surface area contributed by atoms with Gasteiger partial charge in [0.25, 0.3) is 0 Å². The largest absolute Gasteiger partial charge is 0.0999 e. The Bertz CT molecular complexity index is 210. The molecule has 0 saturated carbocycles. The van der Waals surface area contributed by atoms with E-state index in [-0.39, 0.29) is 0 Å². The fraction of sp³-hybridized carbons (Fsp3) is 0.750. The molecule has 0 N–H and O–H groups in total. The monoisotopic (exact) mass is 222 g/mol. The van der Waals surface area contributed by atoms with Crippen LogP contribution in [-0.2, 0) is 0 Å². The van der Waals surface area contributed by atoms with Gasteiger partial charge in [0.05, 0.1) is 0 Å². The molecule has 2 atom stereocenters. The van der Waals surface area contributed by atoms with Gasteiger partial charge in [-0.25, -0.2) is 0 Å². The van der Waals surface area contributed by atoms with E-state index in [1.807, 2.05) is 0 Å². The summed E-state index contributed by atoms with van der Waals surface area (Å²) in [6.07, 6.45) is 9.58. The molecular formula is C16H30. The van der Waals surface area contributed by atoms with Crippen LogP contribution in [0.4, 0.5) is 0 Å². The van der Waals surface area contributed by atoms with Gasteiger partial charge >= 0.3 is 0 Å². The number of rotatable bonds is 8. The average molecular weight is 222 g/mol. The van der Waals surface area contributed by atoms with E-state index in [0.29, 0.717) is 5.92 Å². The maximum absolute atomic E-state index is 4.15. The molecule has 0 bridgehead atoms. The van der Waals surface area contributed by atoms with Crippen LogP contribution >= 0.6 is 0 Å². The molecule has 0 nitrogen and oxygen atoms in total. The van der Waals surface area contributed by atoms with Gasteiger partial charge in [-0.15, -0.1) is 0 Å². The Balaban J connectivity index is 3.76. The van der Waals surface area contributed by atoms with Crippen LogP contribution in [-0.4, -0.2) is 0 Å². The molecule has 0 fully saturated rings. The zero-order valence-electron chi connectivity index (χ0n) is 11.9. The second-order valence-corrected chi connectivity index (χ2v) is 5.63. The molecule has 2 unspecified atom stereocenters. The van der Waals surface area contributed by atoms with Gasteiger partial charge in [-0.2, -0.15) is 0 Å². The molecule has 0 aliphatic carbocycles. The van der Waals surface area contributed by atoms with E-state index < -0.39 is 0 Å². The molecule has 16 heavy (non-hydrogen) atoms. The fourth-order valence-corrected chi connectivity index (χ4v) is 1.72. The molecule has 0 amide bonds. The lowest BCUT2D eigenvalue weighted by molar-refractivity contribution is 0.581. The molecule has 0 heterocycles. The van der Waals surface area contributed by atoms with Gasteiger partial charge in [-0.1, -0.05) is 65.3 Å². The summed E-state index contributed by atoms with van der Waals surface area (Å²) >= 11 is 0. The van der Waals surface area contributed by atoms with Crippen LogP contribution in [0.1, 0.15) is 60.3 Å². The Labute approximate surface area is 103 Å². The Morgan fingerprint density at radius 1 is 1.06 bits per heavy atom. The lowest BCUT2D eigenvalue weighted by atomic mass is 9.95. The fourth-order valence-electron chi connectivity index (χ4n) is 1.72. The summed E-state index contributed by atoms with van der Waals surface area (Å²) in [6, 6.07) is 0. The van der Waals surface area contributed by atoms with Crippen molar-refractivity contribution < 1.29 is 0 Å². The van der Waals surface area contributed by atoms with Gasteiger partial charge in [0.1, 0.15) is 0 Å². The standard InChI is InChI=1S/C16H30/c1-7-14(4)8-9-15(5)10-11-16(6)12-13(2)3/h8-9,13-15H,6-7,10-12H2,1-5H3. The zero-order valence-corrected chi connectivity index (χ0v) is 11.9. The summed E-state index contributed by atoms with van der Waals surface area (Å²) in [6.45, 7) is 15.5. The topological polar surface area (TPSA) is 0 Å². The van der Waals surface area contributed by atoms with E-state index in [2.05, 4.69) is 53.3 Å². The second-order valence-electron chi connectivity index (χ2n) is 5.63. The third-order valence-electron chi connectivity index (χ3n) is 3.06. The molecule has 94 valence electrons. The minimum Gasteiger partial charge on any atom is -0.0999 e. The number of hydrogen-bond acceptors (Lipinski definition) is 0. The minimum atomic E-state index is 0.693. The molecular weight excluding hydrogens is 192 g/mol. The van der Waals surface area contributed by atoms with Gasteiger partial charge < -0.3 is 0 Å². The lowest BCUT2D eigenvalue weighted by Crippen LogP contribution is -1.96. The van der Waals surface area contributed by atoms with Crippen molar-refractivity contribution in [3.05, 3.63) is 24.3 Å². The highest BCUT2D eigenvalue weighted by Gasteiger charge is 2.02. The first-order valence-electron chi connectivity index (χ1n) is 6.80. The maximum Gasteiger partial charge on any atom is -0.0259 e. The molecule has 0 rings (SSSR count). The molecule has 0 heteroatoms. The first-order chi connectivity index (χ1) is 7.45. The summed E-state index contributed by atoms with van der Waals surface area (Å²) in [7, 11) is 0. The normalized spacial score (nSPS) is 15.6. The van der Waals surface area contributed by atoms with Crippen molar-refractivity contribution in [1.29, 1.82) is 0 Å². The Hall–Kier alpha value is -0.520. The van der Waals surface area contributed by atoms with Crippen molar-refractivity contribution in [2.24, 2.45) is 17.8 Å². The van der Waals surface area contributed by atoms with Crippen LogP contribution in [0.25, 0.3) is 0 Å². The predicted octanol–water partition coefficient (Wildman–Crippen LogP) is 5.61. The highest BCUT2D eigenvalue weighted by atomic mass is 14.1. The van der Waals surface area contributed by atoms with Crippen LogP contribution in [0, 0.1) is 17.8 Å². The van der Waals surface area contributed by atoms with E-state index in [0.717, 1.165) is 11.8 Å². The number of allylic oxidation sites excluding steroid dienone is 3. The van der Waals surface area contributed by atoms with Crippen LogP contribution in [0.5, 0.6) is 0 Å². The lowest BCUT2D eigenvalue weighted by Gasteiger charge is -2.11. The third kappa shape index (κ3) is 8.76. The van der Waals surface area contributed by atoms with Crippen LogP contribution < -0.4 is 0 Å². The van der Waals surface area contributed by atoms with Crippen molar-refractivity contribution in [2.75, 3.05) is 0 Å². The summed E-state index contributed by atoms with van der Waals surface area (Å²) < 4.78 is 0.